The molecule has 0 aromatic carbocycles. The third-order valence-corrected chi connectivity index (χ3v) is 1.44. The van der Waals surface area contributed by atoms with Crippen molar-refractivity contribution in [2.75, 3.05) is 0 Å². The Bertz CT molecular complexity index is 295. The summed E-state index contributed by atoms with van der Waals surface area (Å²) in [5, 5.41) is 0. The Hall–Kier alpha value is -0.301. The van der Waals surface area contributed by atoms with Crippen molar-refractivity contribution in [3.63, 3.8) is 0 Å². The molecule has 0 fully saturated rings. The summed E-state index contributed by atoms with van der Waals surface area (Å²) in [6.07, 6.45) is 10.0. The summed E-state index contributed by atoms with van der Waals surface area (Å²) < 4.78 is 58.9. The average molecular weight is 270 g/mol. The van der Waals surface area contributed by atoms with Gasteiger partial charge in [-0.2, -0.15) is 19.2 Å². The Morgan fingerprint density at radius 1 is 1.36 bits per heavy atom. The van der Waals surface area contributed by atoms with E-state index in [1.807, 2.05) is 12.2 Å². The van der Waals surface area contributed by atoms with Crippen molar-refractivity contribution in [3.8, 4) is 0 Å². The predicted molar refractivity (Wildman–Crippen MR) is 37.3 cm³/mol. The van der Waals surface area contributed by atoms with Crippen LogP contribution in [0.1, 0.15) is 6.42 Å². The zero-order valence-corrected chi connectivity index (χ0v) is 8.48. The molecule has 0 aromatic heterocycles. The Morgan fingerprint density at radius 2 is 1.79 bits per heavy atom. The third-order valence-electron chi connectivity index (χ3n) is 0.869. The molecular formula is C6H5F3FeO3S. The van der Waals surface area contributed by atoms with E-state index >= 15 is 0 Å². The first-order chi connectivity index (χ1) is 5.75. The molecule has 0 aromatic rings. The zero-order valence-electron chi connectivity index (χ0n) is 6.56. The first-order valence-electron chi connectivity index (χ1n) is 2.99. The van der Waals surface area contributed by atoms with Crippen LogP contribution >= 0.6 is 0 Å². The third kappa shape index (κ3) is 7.14. The van der Waals surface area contributed by atoms with E-state index in [1.54, 1.807) is 0 Å². The van der Waals surface area contributed by atoms with Crippen molar-refractivity contribution in [3.05, 3.63) is 24.3 Å². The minimum atomic E-state index is -6.09. The molecule has 0 saturated heterocycles. The van der Waals surface area contributed by atoms with Crippen LogP contribution in [0.25, 0.3) is 0 Å². The minimum absolute atomic E-state index is 0. The summed E-state index contributed by atoms with van der Waals surface area (Å²) in [4.78, 5) is 0. The Labute approximate surface area is 89.9 Å². The van der Waals surface area contributed by atoms with Crippen LogP contribution in [-0.2, 0) is 27.2 Å². The van der Waals surface area contributed by atoms with Gasteiger partial charge in [0, 0.05) is 0 Å². The Kier molecular flexibility index (Phi) is 7.19. The molecule has 0 aliphatic heterocycles. The second kappa shape index (κ2) is 6.23. The van der Waals surface area contributed by atoms with Crippen LogP contribution in [0.4, 0.5) is 13.2 Å². The fourth-order valence-corrected chi connectivity index (χ4v) is 0.340. The Morgan fingerprint density at radius 3 is 1.86 bits per heavy atom. The molecular weight excluding hydrogens is 265 g/mol. The van der Waals surface area contributed by atoms with Gasteiger partial charge in [-0.1, -0.05) is 0 Å². The largest absolute Gasteiger partial charge is 2.00 e. The van der Waals surface area contributed by atoms with Gasteiger partial charge in [-0.25, -0.2) is 20.6 Å². The summed E-state index contributed by atoms with van der Waals surface area (Å²) >= 11 is 0. The molecule has 3 nitrogen and oxygen atoms in total. The van der Waals surface area contributed by atoms with E-state index in [0.717, 1.165) is 6.42 Å². The van der Waals surface area contributed by atoms with Crippen LogP contribution < -0.4 is 0 Å². The molecule has 0 radical (unpaired) electrons. The maximum Gasteiger partial charge on any atom is 2.00 e. The molecule has 14 heavy (non-hydrogen) atoms. The predicted octanol–water partition coefficient (Wildman–Crippen LogP) is 1.35. The van der Waals surface area contributed by atoms with Crippen molar-refractivity contribution in [1.29, 1.82) is 0 Å². The summed E-state index contributed by atoms with van der Waals surface area (Å²) in [6.45, 7) is 0. The molecule has 0 atom stereocenters. The van der Waals surface area contributed by atoms with Crippen molar-refractivity contribution < 1.29 is 43.2 Å². The first-order valence-corrected chi connectivity index (χ1v) is 4.40. The molecule has 0 bridgehead atoms. The van der Waals surface area contributed by atoms with E-state index in [4.69, 9.17) is 13.0 Å². The van der Waals surface area contributed by atoms with Gasteiger partial charge in [-0.05, 0) is 0 Å². The van der Waals surface area contributed by atoms with Crippen LogP contribution in [0, 0.1) is 6.08 Å². The van der Waals surface area contributed by atoms with Gasteiger partial charge in [0.25, 0.3) is 0 Å². The van der Waals surface area contributed by atoms with Gasteiger partial charge in [0.2, 0.25) is 0 Å². The van der Waals surface area contributed by atoms with Crippen LogP contribution in [0.3, 0.4) is 0 Å². The van der Waals surface area contributed by atoms with E-state index in [2.05, 4.69) is 12.2 Å². The summed E-state index contributed by atoms with van der Waals surface area (Å²) in [7, 11) is -6.09. The van der Waals surface area contributed by atoms with E-state index in [1.165, 1.54) is 0 Å². The number of allylic oxidation sites excluding steroid dienone is 4. The molecule has 0 saturated carbocycles. The van der Waals surface area contributed by atoms with Gasteiger partial charge in [0.05, 0.1) is 0 Å². The number of halogens is 3. The summed E-state index contributed by atoms with van der Waals surface area (Å²) in [5.41, 5.74) is -5.65. The van der Waals surface area contributed by atoms with Gasteiger partial charge >= 0.3 is 22.6 Å². The van der Waals surface area contributed by atoms with Gasteiger partial charge < -0.3 is 4.55 Å². The van der Waals surface area contributed by atoms with Crippen LogP contribution in [0.15, 0.2) is 18.2 Å². The molecule has 1 aliphatic carbocycles. The molecule has 0 amide bonds. The number of rotatable bonds is 0. The number of alkyl halides is 3. The quantitative estimate of drug-likeness (QED) is 0.289. The molecule has 0 heterocycles. The number of hydrogen-bond acceptors (Lipinski definition) is 3. The van der Waals surface area contributed by atoms with Crippen LogP contribution in [0.2, 0.25) is 0 Å². The molecule has 0 spiro atoms. The van der Waals surface area contributed by atoms with Gasteiger partial charge in [-0.15, -0.1) is 6.42 Å². The van der Waals surface area contributed by atoms with Crippen molar-refractivity contribution in [2.24, 2.45) is 0 Å². The van der Waals surface area contributed by atoms with E-state index in [9.17, 15) is 13.2 Å². The van der Waals surface area contributed by atoms with Crippen molar-refractivity contribution in [1.82, 2.24) is 0 Å². The van der Waals surface area contributed by atoms with Gasteiger partial charge in [0.1, 0.15) is 0 Å². The number of hydrogen-bond donors (Lipinski definition) is 0. The fourth-order valence-electron chi connectivity index (χ4n) is 0.340. The Balaban J connectivity index is 0. The minimum Gasteiger partial charge on any atom is -0.741 e. The molecule has 82 valence electrons. The van der Waals surface area contributed by atoms with E-state index in [-0.39, 0.29) is 17.1 Å². The normalized spacial score (nSPS) is 14.3. The van der Waals surface area contributed by atoms with Crippen molar-refractivity contribution >= 4 is 10.1 Å². The molecule has 0 N–H and O–H groups in total. The average Bonchev–Trinajstić information content (AvgIpc) is 2.35. The fraction of sp³-hybridized carbons (Fsp3) is 0.333. The maximum atomic E-state index is 10.7. The van der Waals surface area contributed by atoms with Crippen molar-refractivity contribution in [2.45, 2.75) is 11.9 Å². The molecule has 8 heteroatoms. The monoisotopic (exact) mass is 270 g/mol. The van der Waals surface area contributed by atoms with Gasteiger partial charge in [0.15, 0.2) is 10.1 Å². The van der Waals surface area contributed by atoms with Gasteiger partial charge in [-0.3, -0.25) is 6.08 Å². The van der Waals surface area contributed by atoms with E-state index < -0.39 is 15.6 Å². The second-order valence-electron chi connectivity index (χ2n) is 1.90. The SMILES string of the molecule is O=S(=O)([O-])C(F)(F)F.[C-]1=CC=CC1.[Fe+2]. The second-order valence-corrected chi connectivity index (χ2v) is 3.27. The first kappa shape index (κ1) is 16.1. The summed E-state index contributed by atoms with van der Waals surface area (Å²) in [5.74, 6) is 0. The molecule has 1 rings (SSSR count). The van der Waals surface area contributed by atoms with Crippen LogP contribution in [0.5, 0.6) is 0 Å². The molecule has 1 aliphatic rings. The standard InChI is InChI=1S/C5H5.CHF3O3S.Fe/c1-2-4-5-3-1;2-1(3,4)8(5,6)7;/h1-3H,4H2;(H,5,6,7);/q-1;;+2/p-1. The zero-order chi connectivity index (χ0) is 10.5. The topological polar surface area (TPSA) is 57.2 Å². The van der Waals surface area contributed by atoms with E-state index in [0.29, 0.717) is 0 Å². The smallest absolute Gasteiger partial charge is 0.741 e. The van der Waals surface area contributed by atoms with Crippen LogP contribution in [-0.4, -0.2) is 18.5 Å². The maximum absolute atomic E-state index is 10.7. The summed E-state index contributed by atoms with van der Waals surface area (Å²) in [6, 6.07) is 0. The molecule has 0 unspecified atom stereocenters.